The molecule has 23 heavy (non-hydrogen) atoms. The lowest BCUT2D eigenvalue weighted by atomic mass is 10.0. The molecule has 3 nitrogen and oxygen atoms in total. The molecule has 3 heteroatoms. The fourth-order valence-electron chi connectivity index (χ4n) is 2.49. The van der Waals surface area contributed by atoms with Gasteiger partial charge in [-0.05, 0) is 54.7 Å². The van der Waals surface area contributed by atoms with Crippen molar-refractivity contribution >= 4 is 5.91 Å². The van der Waals surface area contributed by atoms with Crippen LogP contribution >= 0.6 is 0 Å². The summed E-state index contributed by atoms with van der Waals surface area (Å²) < 4.78 is 5.15. The van der Waals surface area contributed by atoms with Gasteiger partial charge in [-0.2, -0.15) is 0 Å². The highest BCUT2D eigenvalue weighted by molar-refractivity contribution is 5.76. The number of carbonyl (C=O) groups excluding carboxylic acids is 1. The molecule has 0 bridgehead atoms. The van der Waals surface area contributed by atoms with E-state index in [1.807, 2.05) is 31.3 Å². The highest BCUT2D eigenvalue weighted by Crippen LogP contribution is 2.14. The van der Waals surface area contributed by atoms with Gasteiger partial charge in [-0.15, -0.1) is 0 Å². The van der Waals surface area contributed by atoms with Crippen LogP contribution in [0.15, 0.2) is 42.5 Å². The summed E-state index contributed by atoms with van der Waals surface area (Å²) in [5, 5.41) is 0. The van der Waals surface area contributed by atoms with E-state index in [4.69, 9.17) is 4.74 Å². The average Bonchev–Trinajstić information content (AvgIpc) is 2.56. The maximum atomic E-state index is 12.3. The van der Waals surface area contributed by atoms with Crippen LogP contribution < -0.4 is 4.74 Å². The lowest BCUT2D eigenvalue weighted by molar-refractivity contribution is -0.130. The second-order valence-electron chi connectivity index (χ2n) is 6.02. The molecule has 2 aromatic rings. The molecule has 0 aliphatic carbocycles. The Morgan fingerprint density at radius 2 is 1.65 bits per heavy atom. The molecule has 0 N–H and O–H groups in total. The van der Waals surface area contributed by atoms with E-state index < -0.39 is 0 Å². The highest BCUT2D eigenvalue weighted by Gasteiger charge is 2.10. The Morgan fingerprint density at radius 3 is 2.26 bits per heavy atom. The van der Waals surface area contributed by atoms with Crippen LogP contribution in [-0.4, -0.2) is 25.0 Å². The zero-order valence-electron chi connectivity index (χ0n) is 14.4. The normalized spacial score (nSPS) is 10.4. The van der Waals surface area contributed by atoms with Crippen LogP contribution in [-0.2, 0) is 17.8 Å². The van der Waals surface area contributed by atoms with Crippen molar-refractivity contribution in [3.05, 3.63) is 64.7 Å². The molecule has 0 heterocycles. The second kappa shape index (κ2) is 7.82. The molecule has 0 spiro atoms. The van der Waals surface area contributed by atoms with E-state index in [2.05, 4.69) is 32.0 Å². The van der Waals surface area contributed by atoms with Gasteiger partial charge in [-0.3, -0.25) is 4.79 Å². The number of hydrogen-bond donors (Lipinski definition) is 0. The number of hydrogen-bond acceptors (Lipinski definition) is 2. The first-order valence-electron chi connectivity index (χ1n) is 7.92. The summed E-state index contributed by atoms with van der Waals surface area (Å²) in [7, 11) is 3.50. The minimum Gasteiger partial charge on any atom is -0.497 e. The Balaban J connectivity index is 1.87. The van der Waals surface area contributed by atoms with Crippen LogP contribution in [0.3, 0.4) is 0 Å². The maximum absolute atomic E-state index is 12.3. The molecule has 2 rings (SSSR count). The number of nitrogens with zero attached hydrogens (tertiary/aromatic N) is 1. The van der Waals surface area contributed by atoms with E-state index in [-0.39, 0.29) is 5.91 Å². The first-order chi connectivity index (χ1) is 11.0. The Hall–Kier alpha value is -2.29. The number of benzene rings is 2. The monoisotopic (exact) mass is 311 g/mol. The zero-order chi connectivity index (χ0) is 16.8. The van der Waals surface area contributed by atoms with Crippen molar-refractivity contribution in [1.82, 2.24) is 4.90 Å². The Morgan fingerprint density at radius 1 is 1.00 bits per heavy atom. The number of rotatable bonds is 6. The molecule has 0 unspecified atom stereocenters. The third-order valence-corrected chi connectivity index (χ3v) is 4.20. The van der Waals surface area contributed by atoms with Crippen molar-refractivity contribution in [2.75, 3.05) is 14.2 Å². The summed E-state index contributed by atoms with van der Waals surface area (Å²) in [5.41, 5.74) is 4.89. The molecule has 0 saturated heterocycles. The highest BCUT2D eigenvalue weighted by atomic mass is 16.5. The summed E-state index contributed by atoms with van der Waals surface area (Å²) >= 11 is 0. The van der Waals surface area contributed by atoms with Crippen molar-refractivity contribution in [2.45, 2.75) is 33.2 Å². The molecule has 0 atom stereocenters. The third kappa shape index (κ3) is 4.85. The van der Waals surface area contributed by atoms with Crippen LogP contribution in [0, 0.1) is 13.8 Å². The van der Waals surface area contributed by atoms with Crippen LogP contribution in [0.2, 0.25) is 0 Å². The van der Waals surface area contributed by atoms with Crippen LogP contribution in [0.5, 0.6) is 5.75 Å². The molecule has 0 radical (unpaired) electrons. The minimum absolute atomic E-state index is 0.166. The SMILES string of the molecule is COc1ccc(CN(C)C(=O)CCc2ccc(C)c(C)c2)cc1. The number of aryl methyl sites for hydroxylation is 3. The van der Waals surface area contributed by atoms with Crippen LogP contribution in [0.25, 0.3) is 0 Å². The molecule has 0 fully saturated rings. The predicted molar refractivity (Wildman–Crippen MR) is 93.7 cm³/mol. The standard InChI is InChI=1S/C20H25NO2/c1-15-5-6-17(13-16(15)2)9-12-20(22)21(3)14-18-7-10-19(23-4)11-8-18/h5-8,10-11,13H,9,12,14H2,1-4H3. The number of ether oxygens (including phenoxy) is 1. The smallest absolute Gasteiger partial charge is 0.222 e. The van der Waals surface area contributed by atoms with Gasteiger partial charge in [0, 0.05) is 20.0 Å². The molecular weight excluding hydrogens is 286 g/mol. The van der Waals surface area contributed by atoms with Gasteiger partial charge in [0.05, 0.1) is 7.11 Å². The number of carbonyl (C=O) groups is 1. The van der Waals surface area contributed by atoms with Crippen LogP contribution in [0.1, 0.15) is 28.7 Å². The van der Waals surface area contributed by atoms with Crippen molar-refractivity contribution in [3.63, 3.8) is 0 Å². The van der Waals surface area contributed by atoms with Gasteiger partial charge in [0.2, 0.25) is 5.91 Å². The first kappa shape index (κ1) is 17.1. The number of methoxy groups -OCH3 is 1. The molecule has 2 aromatic carbocycles. The lowest BCUT2D eigenvalue weighted by Gasteiger charge is -2.17. The van der Waals surface area contributed by atoms with E-state index in [1.165, 1.54) is 16.7 Å². The van der Waals surface area contributed by atoms with Crippen LogP contribution in [0.4, 0.5) is 0 Å². The molecule has 1 amide bonds. The van der Waals surface area contributed by atoms with Gasteiger partial charge in [0.15, 0.2) is 0 Å². The average molecular weight is 311 g/mol. The second-order valence-corrected chi connectivity index (χ2v) is 6.02. The molecule has 0 saturated carbocycles. The van der Waals surface area contributed by atoms with Gasteiger partial charge < -0.3 is 9.64 Å². The fourth-order valence-corrected chi connectivity index (χ4v) is 2.49. The molecule has 122 valence electrons. The van der Waals surface area contributed by atoms with Gasteiger partial charge in [-0.1, -0.05) is 30.3 Å². The summed E-state index contributed by atoms with van der Waals surface area (Å²) in [6.45, 7) is 4.83. The fraction of sp³-hybridized carbons (Fsp3) is 0.350. The maximum Gasteiger partial charge on any atom is 0.222 e. The predicted octanol–water partition coefficient (Wildman–Crippen LogP) is 3.90. The number of amides is 1. The molecule has 0 aliphatic rings. The van der Waals surface area contributed by atoms with Gasteiger partial charge in [-0.25, -0.2) is 0 Å². The molecule has 0 aliphatic heterocycles. The Bertz CT molecular complexity index is 662. The van der Waals surface area contributed by atoms with E-state index in [9.17, 15) is 4.79 Å². The summed E-state index contributed by atoms with van der Waals surface area (Å²) in [4.78, 5) is 14.1. The van der Waals surface area contributed by atoms with Gasteiger partial charge >= 0.3 is 0 Å². The van der Waals surface area contributed by atoms with E-state index in [1.54, 1.807) is 12.0 Å². The van der Waals surface area contributed by atoms with E-state index >= 15 is 0 Å². The lowest BCUT2D eigenvalue weighted by Crippen LogP contribution is -2.26. The van der Waals surface area contributed by atoms with Gasteiger partial charge in [0.25, 0.3) is 0 Å². The van der Waals surface area contributed by atoms with Crippen molar-refractivity contribution in [1.29, 1.82) is 0 Å². The summed E-state index contributed by atoms with van der Waals surface area (Å²) in [6.07, 6.45) is 1.32. The largest absolute Gasteiger partial charge is 0.497 e. The quantitative estimate of drug-likeness (QED) is 0.809. The molecule has 0 aromatic heterocycles. The first-order valence-corrected chi connectivity index (χ1v) is 7.92. The third-order valence-electron chi connectivity index (χ3n) is 4.20. The summed E-state index contributed by atoms with van der Waals surface area (Å²) in [5.74, 6) is 0.997. The summed E-state index contributed by atoms with van der Waals surface area (Å²) in [6, 6.07) is 14.2. The van der Waals surface area contributed by atoms with E-state index in [0.717, 1.165) is 17.7 Å². The van der Waals surface area contributed by atoms with Crippen molar-refractivity contribution in [2.24, 2.45) is 0 Å². The Kier molecular flexibility index (Phi) is 5.80. The van der Waals surface area contributed by atoms with Crippen molar-refractivity contribution in [3.8, 4) is 5.75 Å². The minimum atomic E-state index is 0.166. The topological polar surface area (TPSA) is 29.5 Å². The zero-order valence-corrected chi connectivity index (χ0v) is 14.4. The Labute approximate surface area is 138 Å². The molecular formula is C20H25NO2. The van der Waals surface area contributed by atoms with E-state index in [0.29, 0.717) is 13.0 Å². The van der Waals surface area contributed by atoms with Crippen molar-refractivity contribution < 1.29 is 9.53 Å². The van der Waals surface area contributed by atoms with Gasteiger partial charge in [0.1, 0.15) is 5.75 Å².